The summed E-state index contributed by atoms with van der Waals surface area (Å²) in [6, 6.07) is 13.1. The number of anilines is 1. The highest BCUT2D eigenvalue weighted by atomic mass is 35.5. The van der Waals surface area contributed by atoms with Gasteiger partial charge in [0.05, 0.1) is 16.5 Å². The van der Waals surface area contributed by atoms with Gasteiger partial charge in [0.2, 0.25) is 5.91 Å². The maximum absolute atomic E-state index is 15.0. The maximum Gasteiger partial charge on any atom is 0.237 e. The molecule has 1 amide bonds. The van der Waals surface area contributed by atoms with Crippen molar-refractivity contribution in [3.8, 4) is 11.5 Å². The zero-order valence-corrected chi connectivity index (χ0v) is 20.7. The van der Waals surface area contributed by atoms with E-state index in [0.29, 0.717) is 35.7 Å². The number of ketones is 1. The highest BCUT2D eigenvalue weighted by Gasteiger charge is 2.27. The third-order valence-corrected chi connectivity index (χ3v) is 6.67. The summed E-state index contributed by atoms with van der Waals surface area (Å²) in [5.74, 6) is -0.0911. The number of H-pyrrole nitrogens is 1. The molecule has 2 aromatic carbocycles. The van der Waals surface area contributed by atoms with Gasteiger partial charge < -0.3 is 19.9 Å². The number of piperidine rings is 1. The van der Waals surface area contributed by atoms with Crippen molar-refractivity contribution in [3.63, 3.8) is 0 Å². The van der Waals surface area contributed by atoms with Crippen LogP contribution in [0, 0.1) is 5.82 Å². The summed E-state index contributed by atoms with van der Waals surface area (Å²) in [6.07, 6.45) is 5.67. The van der Waals surface area contributed by atoms with Gasteiger partial charge in [-0.15, -0.1) is 11.6 Å². The Morgan fingerprint density at radius 3 is 2.73 bits per heavy atom. The molecule has 1 aliphatic rings. The molecule has 8 nitrogen and oxygen atoms in total. The number of hydrogen-bond donors (Lipinski definition) is 2. The van der Waals surface area contributed by atoms with Gasteiger partial charge in [-0.05, 0) is 43.5 Å². The predicted octanol–water partition coefficient (Wildman–Crippen LogP) is 5.15. The Bertz CT molecular complexity index is 1430. The number of benzene rings is 2. The van der Waals surface area contributed by atoms with Crippen LogP contribution >= 0.6 is 11.6 Å². The Balaban J connectivity index is 1.38. The van der Waals surface area contributed by atoms with Crippen LogP contribution < -0.4 is 10.1 Å². The molecule has 0 aliphatic carbocycles. The molecule has 0 radical (unpaired) electrons. The van der Waals surface area contributed by atoms with E-state index in [1.165, 1.54) is 24.7 Å². The van der Waals surface area contributed by atoms with Gasteiger partial charge >= 0.3 is 0 Å². The first-order valence-electron chi connectivity index (χ1n) is 12.0. The second-order valence-electron chi connectivity index (χ2n) is 8.79. The van der Waals surface area contributed by atoms with Crippen LogP contribution in [0.15, 0.2) is 61.1 Å². The molecule has 4 aromatic rings. The second kappa shape index (κ2) is 11.0. The van der Waals surface area contributed by atoms with E-state index in [9.17, 15) is 9.59 Å². The predicted molar refractivity (Wildman–Crippen MR) is 139 cm³/mol. The van der Waals surface area contributed by atoms with Crippen molar-refractivity contribution in [3.05, 3.63) is 78.0 Å². The number of para-hydroxylation sites is 1. The fourth-order valence-corrected chi connectivity index (χ4v) is 4.78. The van der Waals surface area contributed by atoms with Crippen LogP contribution in [0.2, 0.25) is 0 Å². The van der Waals surface area contributed by atoms with E-state index >= 15 is 4.39 Å². The van der Waals surface area contributed by atoms with E-state index in [0.717, 1.165) is 19.3 Å². The van der Waals surface area contributed by atoms with Crippen molar-refractivity contribution >= 4 is 40.1 Å². The Kier molecular flexibility index (Phi) is 7.32. The van der Waals surface area contributed by atoms with Crippen molar-refractivity contribution in [2.75, 3.05) is 24.3 Å². The number of halogens is 2. The molecule has 1 unspecified atom stereocenters. The van der Waals surface area contributed by atoms with Gasteiger partial charge in [0.15, 0.2) is 5.78 Å². The molecular formula is C27H25ClFN5O3. The number of rotatable bonds is 8. The van der Waals surface area contributed by atoms with E-state index in [4.69, 9.17) is 16.3 Å². The lowest BCUT2D eigenvalue weighted by Gasteiger charge is -2.35. The van der Waals surface area contributed by atoms with Gasteiger partial charge in [-0.25, -0.2) is 14.4 Å². The summed E-state index contributed by atoms with van der Waals surface area (Å²) in [5.41, 5.74) is 0.593. The lowest BCUT2D eigenvalue weighted by atomic mass is 10.0. The van der Waals surface area contributed by atoms with E-state index in [-0.39, 0.29) is 34.7 Å². The Labute approximate surface area is 217 Å². The quantitative estimate of drug-likeness (QED) is 0.246. The van der Waals surface area contributed by atoms with E-state index < -0.39 is 11.6 Å². The van der Waals surface area contributed by atoms with Crippen LogP contribution in [0.3, 0.4) is 0 Å². The lowest BCUT2D eigenvalue weighted by Crippen LogP contribution is -2.47. The number of alkyl halides is 1. The van der Waals surface area contributed by atoms with Crippen LogP contribution in [0.25, 0.3) is 11.0 Å². The number of carbonyl (C=O) groups is 2. The molecule has 3 heterocycles. The topological polar surface area (TPSA) is 100 Å². The Morgan fingerprint density at radius 2 is 1.95 bits per heavy atom. The zero-order chi connectivity index (χ0) is 25.8. The van der Waals surface area contributed by atoms with Gasteiger partial charge in [0.1, 0.15) is 41.0 Å². The number of fused-ring (bicyclic) bond motifs is 1. The minimum Gasteiger partial charge on any atom is -0.457 e. The summed E-state index contributed by atoms with van der Waals surface area (Å²) >= 11 is 5.80. The normalized spacial score (nSPS) is 15.5. The van der Waals surface area contributed by atoms with Crippen LogP contribution in [0.5, 0.6) is 11.5 Å². The highest BCUT2D eigenvalue weighted by molar-refractivity contribution is 6.27. The van der Waals surface area contributed by atoms with Crippen LogP contribution in [0.4, 0.5) is 10.2 Å². The van der Waals surface area contributed by atoms with E-state index in [1.807, 2.05) is 18.2 Å². The molecule has 1 atom stereocenters. The van der Waals surface area contributed by atoms with E-state index in [2.05, 4.69) is 20.3 Å². The first-order valence-corrected chi connectivity index (χ1v) is 12.6. The smallest absolute Gasteiger partial charge is 0.237 e. The zero-order valence-electron chi connectivity index (χ0n) is 19.9. The molecule has 5 rings (SSSR count). The van der Waals surface area contributed by atoms with Crippen molar-refractivity contribution in [1.29, 1.82) is 0 Å². The van der Waals surface area contributed by atoms with Gasteiger partial charge in [0, 0.05) is 31.4 Å². The molecule has 0 saturated carbocycles. The molecule has 0 bridgehead atoms. The fraction of sp³-hybridized carbons (Fsp3) is 0.259. The number of ether oxygens (including phenoxy) is 1. The van der Waals surface area contributed by atoms with Gasteiger partial charge in [0.25, 0.3) is 0 Å². The van der Waals surface area contributed by atoms with Crippen molar-refractivity contribution in [2.24, 2.45) is 0 Å². The van der Waals surface area contributed by atoms with Crippen molar-refractivity contribution in [1.82, 2.24) is 19.9 Å². The average molecular weight is 522 g/mol. The summed E-state index contributed by atoms with van der Waals surface area (Å²) < 4.78 is 20.7. The molecule has 2 aromatic heterocycles. The average Bonchev–Trinajstić information content (AvgIpc) is 3.37. The summed E-state index contributed by atoms with van der Waals surface area (Å²) in [4.78, 5) is 39.0. The molecule has 10 heteroatoms. The molecule has 190 valence electrons. The fourth-order valence-electron chi connectivity index (χ4n) is 4.62. The second-order valence-corrected chi connectivity index (χ2v) is 9.05. The van der Waals surface area contributed by atoms with Crippen LogP contribution in [-0.4, -0.2) is 56.6 Å². The molecule has 0 spiro atoms. The number of nitrogens with one attached hydrogen (secondary N) is 2. The SMILES string of the molecule is O=C(c1ccc(Oc2ccccc2)cc1F)c1c[nH]c2ncnc(NCC3CCCCN3C(=O)CCl)c12. The number of amides is 1. The number of hydrogen-bond acceptors (Lipinski definition) is 6. The van der Waals surface area contributed by atoms with Crippen molar-refractivity contribution < 1.29 is 18.7 Å². The van der Waals surface area contributed by atoms with Crippen LogP contribution in [-0.2, 0) is 4.79 Å². The first-order chi connectivity index (χ1) is 18.0. The maximum atomic E-state index is 15.0. The van der Waals surface area contributed by atoms with E-state index in [1.54, 1.807) is 23.1 Å². The molecule has 1 aliphatic heterocycles. The molecule has 2 N–H and O–H groups in total. The number of carbonyl (C=O) groups excluding carboxylic acids is 2. The minimum absolute atomic E-state index is 0.0438. The number of aromatic amines is 1. The van der Waals surface area contributed by atoms with Gasteiger partial charge in [-0.3, -0.25) is 9.59 Å². The molecular weight excluding hydrogens is 497 g/mol. The summed E-state index contributed by atoms with van der Waals surface area (Å²) in [5, 5.41) is 3.74. The third-order valence-electron chi connectivity index (χ3n) is 6.45. The standard InChI is InChI=1S/C27H25ClFN5O3/c28-13-23(35)34-11-5-4-6-17(34)14-30-26-24-21(15-31-27(24)33-16-32-26)25(36)20-10-9-19(12-22(20)29)37-18-7-2-1-3-8-18/h1-3,7-10,12,15-17H,4-6,11,13-14H2,(H2,30,31,32,33). The van der Waals surface area contributed by atoms with Gasteiger partial charge in [-0.1, -0.05) is 18.2 Å². The molecule has 1 saturated heterocycles. The highest BCUT2D eigenvalue weighted by Crippen LogP contribution is 2.29. The first kappa shape index (κ1) is 24.7. The Morgan fingerprint density at radius 1 is 1.11 bits per heavy atom. The number of nitrogens with zero attached hydrogens (tertiary/aromatic N) is 3. The minimum atomic E-state index is -0.698. The van der Waals surface area contributed by atoms with Crippen LogP contribution in [0.1, 0.15) is 35.2 Å². The number of aromatic nitrogens is 3. The third kappa shape index (κ3) is 5.27. The lowest BCUT2D eigenvalue weighted by molar-refractivity contribution is -0.131. The van der Waals surface area contributed by atoms with Crippen molar-refractivity contribution in [2.45, 2.75) is 25.3 Å². The molecule has 1 fully saturated rings. The van der Waals surface area contributed by atoms with Gasteiger partial charge in [-0.2, -0.15) is 0 Å². The number of likely N-dealkylation sites (tertiary alicyclic amines) is 1. The summed E-state index contributed by atoms with van der Waals surface area (Å²) in [6.45, 7) is 1.10. The largest absolute Gasteiger partial charge is 0.457 e. The monoisotopic (exact) mass is 521 g/mol. The Hall–Kier alpha value is -3.98. The molecule has 37 heavy (non-hydrogen) atoms. The summed E-state index contributed by atoms with van der Waals surface area (Å²) in [7, 11) is 0.